The molecule has 4 heteroatoms. The molecule has 2 aromatic rings. The monoisotopic (exact) mass is 323 g/mol. The van der Waals surface area contributed by atoms with E-state index in [0.717, 1.165) is 24.8 Å². The molecule has 1 aliphatic carbocycles. The van der Waals surface area contributed by atoms with Crippen molar-refractivity contribution in [1.82, 2.24) is 5.32 Å². The van der Waals surface area contributed by atoms with Crippen molar-refractivity contribution < 1.29 is 14.7 Å². The molecular weight excluding hydrogens is 302 g/mol. The van der Waals surface area contributed by atoms with Gasteiger partial charge < -0.3 is 10.4 Å². The summed E-state index contributed by atoms with van der Waals surface area (Å²) in [6.07, 6.45) is 4.65. The van der Waals surface area contributed by atoms with Gasteiger partial charge in [-0.3, -0.25) is 4.79 Å². The fraction of sp³-hybridized carbons (Fsp3) is 0.300. The molecule has 0 saturated heterocycles. The average molecular weight is 323 g/mol. The second-order valence-electron chi connectivity index (χ2n) is 6.24. The van der Waals surface area contributed by atoms with Gasteiger partial charge in [0.05, 0.1) is 0 Å². The van der Waals surface area contributed by atoms with E-state index >= 15 is 0 Å². The molecule has 0 radical (unpaired) electrons. The maximum absolute atomic E-state index is 12.5. The molecule has 0 fully saturated rings. The Bertz CT molecular complexity index is 740. The molecule has 24 heavy (non-hydrogen) atoms. The summed E-state index contributed by atoms with van der Waals surface area (Å²) >= 11 is 0. The van der Waals surface area contributed by atoms with Crippen LogP contribution in [0.15, 0.2) is 48.5 Å². The third-order valence-corrected chi connectivity index (χ3v) is 4.50. The first kappa shape index (κ1) is 16.2. The number of fused-ring (bicyclic) bond motifs is 1. The van der Waals surface area contributed by atoms with E-state index in [4.69, 9.17) is 0 Å². The highest BCUT2D eigenvalue weighted by Gasteiger charge is 2.22. The van der Waals surface area contributed by atoms with E-state index in [0.29, 0.717) is 5.56 Å². The number of rotatable bonds is 5. The molecule has 4 nitrogen and oxygen atoms in total. The lowest BCUT2D eigenvalue weighted by Gasteiger charge is -2.18. The number of aryl methyl sites for hydroxylation is 2. The van der Waals surface area contributed by atoms with Crippen LogP contribution in [0.4, 0.5) is 0 Å². The third kappa shape index (κ3) is 3.82. The third-order valence-electron chi connectivity index (χ3n) is 4.50. The largest absolute Gasteiger partial charge is 0.480 e. The number of carbonyl (C=O) groups is 2. The Morgan fingerprint density at radius 2 is 1.71 bits per heavy atom. The van der Waals surface area contributed by atoms with Gasteiger partial charge in [-0.05, 0) is 54.5 Å². The zero-order valence-electron chi connectivity index (χ0n) is 13.5. The highest BCUT2D eigenvalue weighted by atomic mass is 16.4. The van der Waals surface area contributed by atoms with Crippen molar-refractivity contribution in [1.29, 1.82) is 0 Å². The van der Waals surface area contributed by atoms with Crippen molar-refractivity contribution in [2.24, 2.45) is 0 Å². The molecule has 1 atom stereocenters. The maximum Gasteiger partial charge on any atom is 0.326 e. The number of carboxylic acids is 1. The molecular formula is C20H21NO3. The molecule has 124 valence electrons. The predicted octanol–water partition coefficient (Wildman–Crippen LogP) is 2.99. The lowest BCUT2D eigenvalue weighted by atomic mass is 9.90. The first-order valence-electron chi connectivity index (χ1n) is 8.33. The van der Waals surface area contributed by atoms with Crippen molar-refractivity contribution in [3.63, 3.8) is 0 Å². The number of nitrogens with one attached hydrogen (secondary N) is 1. The van der Waals surface area contributed by atoms with Crippen LogP contribution in [0.2, 0.25) is 0 Å². The molecule has 1 amide bonds. The second-order valence-corrected chi connectivity index (χ2v) is 6.24. The van der Waals surface area contributed by atoms with Crippen LogP contribution in [-0.4, -0.2) is 23.0 Å². The van der Waals surface area contributed by atoms with E-state index < -0.39 is 12.0 Å². The fourth-order valence-corrected chi connectivity index (χ4v) is 3.17. The van der Waals surface area contributed by atoms with Crippen LogP contribution in [0.25, 0.3) is 0 Å². The van der Waals surface area contributed by atoms with Crippen molar-refractivity contribution in [2.75, 3.05) is 0 Å². The molecule has 0 bridgehead atoms. The van der Waals surface area contributed by atoms with Crippen molar-refractivity contribution in [3.8, 4) is 0 Å². The molecule has 2 N–H and O–H groups in total. The van der Waals surface area contributed by atoms with Crippen molar-refractivity contribution >= 4 is 11.9 Å². The highest BCUT2D eigenvalue weighted by molar-refractivity contribution is 5.96. The quantitative estimate of drug-likeness (QED) is 0.889. The van der Waals surface area contributed by atoms with Crippen LogP contribution in [0, 0.1) is 0 Å². The van der Waals surface area contributed by atoms with Gasteiger partial charge in [0, 0.05) is 12.0 Å². The van der Waals surface area contributed by atoms with E-state index in [-0.39, 0.29) is 12.3 Å². The maximum atomic E-state index is 12.5. The molecule has 0 aromatic heterocycles. The van der Waals surface area contributed by atoms with Gasteiger partial charge in [-0.1, -0.05) is 36.4 Å². The zero-order chi connectivity index (χ0) is 16.9. The first-order chi connectivity index (χ1) is 11.6. The smallest absolute Gasteiger partial charge is 0.326 e. The number of carbonyl (C=O) groups excluding carboxylic acids is 1. The topological polar surface area (TPSA) is 66.4 Å². The minimum absolute atomic E-state index is 0.271. The Hall–Kier alpha value is -2.62. The Morgan fingerprint density at radius 3 is 2.42 bits per heavy atom. The summed E-state index contributed by atoms with van der Waals surface area (Å²) in [7, 11) is 0. The van der Waals surface area contributed by atoms with E-state index in [2.05, 4.69) is 5.32 Å². The number of amides is 1. The summed E-state index contributed by atoms with van der Waals surface area (Å²) in [6.45, 7) is 0. The summed E-state index contributed by atoms with van der Waals surface area (Å²) in [4.78, 5) is 23.9. The summed E-state index contributed by atoms with van der Waals surface area (Å²) < 4.78 is 0. The fourth-order valence-electron chi connectivity index (χ4n) is 3.17. The molecule has 2 aromatic carbocycles. The number of benzene rings is 2. The van der Waals surface area contributed by atoms with Crippen LogP contribution in [0.5, 0.6) is 0 Å². The van der Waals surface area contributed by atoms with Crippen molar-refractivity contribution in [2.45, 2.75) is 38.1 Å². The molecule has 3 rings (SSSR count). The van der Waals surface area contributed by atoms with Crippen LogP contribution in [-0.2, 0) is 24.1 Å². The summed E-state index contributed by atoms with van der Waals surface area (Å²) in [6, 6.07) is 14.1. The molecule has 0 unspecified atom stereocenters. The molecule has 1 aliphatic rings. The van der Waals surface area contributed by atoms with Gasteiger partial charge in [-0.15, -0.1) is 0 Å². The molecule has 0 heterocycles. The summed E-state index contributed by atoms with van der Waals surface area (Å²) in [5.74, 6) is -1.35. The van der Waals surface area contributed by atoms with E-state index in [1.807, 2.05) is 42.5 Å². The number of hydrogen-bond acceptors (Lipinski definition) is 2. The minimum Gasteiger partial charge on any atom is -0.480 e. The van der Waals surface area contributed by atoms with Gasteiger partial charge in [0.15, 0.2) is 0 Å². The summed E-state index contributed by atoms with van der Waals surface area (Å²) in [5, 5.41) is 12.1. The second kappa shape index (κ2) is 7.30. The highest BCUT2D eigenvalue weighted by Crippen LogP contribution is 2.22. The van der Waals surface area contributed by atoms with E-state index in [9.17, 15) is 14.7 Å². The van der Waals surface area contributed by atoms with Gasteiger partial charge >= 0.3 is 5.97 Å². The standard InChI is InChI=1S/C20H21NO3/c22-19(17-11-10-15-8-4-5-9-16(15)13-17)21-18(20(23)24)12-14-6-2-1-3-7-14/h1-3,6-7,10-11,13,18H,4-5,8-9,12H2,(H,21,22)(H,23,24)/t18-/m1/s1. The van der Waals surface area contributed by atoms with Gasteiger partial charge in [-0.25, -0.2) is 4.79 Å². The lowest BCUT2D eigenvalue weighted by molar-refractivity contribution is -0.139. The zero-order valence-corrected chi connectivity index (χ0v) is 13.5. The van der Waals surface area contributed by atoms with Gasteiger partial charge in [0.25, 0.3) is 5.91 Å². The van der Waals surface area contributed by atoms with Crippen LogP contribution in [0.1, 0.15) is 39.9 Å². The lowest BCUT2D eigenvalue weighted by Crippen LogP contribution is -2.42. The molecule has 0 aliphatic heterocycles. The summed E-state index contributed by atoms with van der Waals surface area (Å²) in [5.41, 5.74) is 3.94. The Morgan fingerprint density at radius 1 is 1.00 bits per heavy atom. The minimum atomic E-state index is -1.02. The van der Waals surface area contributed by atoms with Gasteiger partial charge in [0.1, 0.15) is 6.04 Å². The predicted molar refractivity (Wildman–Crippen MR) is 92.1 cm³/mol. The van der Waals surface area contributed by atoms with Crippen LogP contribution >= 0.6 is 0 Å². The van der Waals surface area contributed by atoms with Crippen LogP contribution < -0.4 is 5.32 Å². The van der Waals surface area contributed by atoms with E-state index in [1.54, 1.807) is 6.07 Å². The van der Waals surface area contributed by atoms with Crippen molar-refractivity contribution in [3.05, 3.63) is 70.8 Å². The van der Waals surface area contributed by atoms with Gasteiger partial charge in [0.2, 0.25) is 0 Å². The molecule has 0 spiro atoms. The average Bonchev–Trinajstić information content (AvgIpc) is 2.61. The van der Waals surface area contributed by atoms with Gasteiger partial charge in [-0.2, -0.15) is 0 Å². The molecule has 0 saturated carbocycles. The number of carboxylic acid groups (broad SMARTS) is 1. The normalized spacial score (nSPS) is 14.5. The SMILES string of the molecule is O=C(N[C@H](Cc1ccccc1)C(=O)O)c1ccc2c(c1)CCCC2. The Balaban J connectivity index is 1.72. The first-order valence-corrected chi connectivity index (χ1v) is 8.33. The number of hydrogen-bond donors (Lipinski definition) is 2. The Kier molecular flexibility index (Phi) is 4.94. The van der Waals surface area contributed by atoms with Crippen LogP contribution in [0.3, 0.4) is 0 Å². The van der Waals surface area contributed by atoms with E-state index in [1.165, 1.54) is 17.5 Å². The Labute approximate surface area is 141 Å². The number of aliphatic carboxylic acids is 1.